The number of likely N-dealkylation sites (tertiary alicyclic amines) is 1. The van der Waals surface area contributed by atoms with Gasteiger partial charge < -0.3 is 28.6 Å². The zero-order valence-corrected chi connectivity index (χ0v) is 21.2. The molecule has 1 fully saturated rings. The molecule has 4 heterocycles. The Bertz CT molecular complexity index is 1480. The highest BCUT2D eigenvalue weighted by molar-refractivity contribution is 5.94. The van der Waals surface area contributed by atoms with E-state index in [2.05, 4.69) is 17.1 Å². The highest BCUT2D eigenvalue weighted by atomic mass is 16.5. The molecule has 10 nitrogen and oxygen atoms in total. The minimum absolute atomic E-state index is 0.175. The van der Waals surface area contributed by atoms with Crippen LogP contribution in [0.4, 0.5) is 5.69 Å². The molecule has 38 heavy (non-hydrogen) atoms. The fourth-order valence-electron chi connectivity index (χ4n) is 4.55. The summed E-state index contributed by atoms with van der Waals surface area (Å²) in [4.78, 5) is 32.7. The van der Waals surface area contributed by atoms with E-state index < -0.39 is 0 Å². The molecule has 0 N–H and O–H groups in total. The number of hydrogen-bond donors (Lipinski definition) is 0. The minimum atomic E-state index is -0.219. The summed E-state index contributed by atoms with van der Waals surface area (Å²) in [6.45, 7) is 0.978. The van der Waals surface area contributed by atoms with E-state index in [0.29, 0.717) is 47.8 Å². The average Bonchev–Trinajstić information content (AvgIpc) is 3.42. The third-order valence-corrected chi connectivity index (χ3v) is 6.62. The average molecular weight is 514 g/mol. The smallest absolute Gasteiger partial charge is 0.254 e. The Kier molecular flexibility index (Phi) is 7.00. The molecule has 2 aromatic rings. The maximum absolute atomic E-state index is 12.9. The fourth-order valence-corrected chi connectivity index (χ4v) is 4.55. The molecule has 3 aliphatic rings. The number of carbonyl (C=O) groups is 1. The molecule has 2 aromatic heterocycles. The molecule has 10 heteroatoms. The maximum Gasteiger partial charge on any atom is 0.254 e. The first-order valence-corrected chi connectivity index (χ1v) is 12.3. The molecule has 0 aromatic carbocycles. The standard InChI is InChI=1S/C28H27N5O5/c1-31-9-7-19(14-26(31)34)28(35)33-10-8-22(17-33)38-24-6-4-3-5-23(24)25-18-32(11-12-37-25)21-13-20(15-29)27(36-2)30-16-21/h4,6-7,9,11-14,16,18,22H,3,5,8,10,17H2,1-2H3/t22-/m0/s1. The second kappa shape index (κ2) is 10.7. The van der Waals surface area contributed by atoms with Gasteiger partial charge in [0.15, 0.2) is 0 Å². The Balaban J connectivity index is 1.33. The van der Waals surface area contributed by atoms with Gasteiger partial charge in [-0.3, -0.25) is 9.59 Å². The third-order valence-electron chi connectivity index (χ3n) is 6.62. The Morgan fingerprint density at radius 1 is 1.32 bits per heavy atom. The van der Waals surface area contributed by atoms with Gasteiger partial charge in [0.25, 0.3) is 11.5 Å². The Morgan fingerprint density at radius 3 is 2.97 bits per heavy atom. The number of aromatic nitrogens is 2. The van der Waals surface area contributed by atoms with Crippen LogP contribution < -0.4 is 15.2 Å². The second-order valence-electron chi connectivity index (χ2n) is 9.09. The zero-order chi connectivity index (χ0) is 26.6. The summed E-state index contributed by atoms with van der Waals surface area (Å²) in [5.41, 5.74) is 2.10. The molecule has 1 atom stereocenters. The van der Waals surface area contributed by atoms with E-state index in [-0.39, 0.29) is 23.5 Å². The Morgan fingerprint density at radius 2 is 2.18 bits per heavy atom. The molecule has 0 unspecified atom stereocenters. The van der Waals surface area contributed by atoms with Crippen molar-refractivity contribution in [1.82, 2.24) is 14.5 Å². The summed E-state index contributed by atoms with van der Waals surface area (Å²) < 4.78 is 18.8. The van der Waals surface area contributed by atoms with Gasteiger partial charge in [-0.2, -0.15) is 5.26 Å². The number of methoxy groups -OCH3 is 1. The molecule has 0 bridgehead atoms. The zero-order valence-electron chi connectivity index (χ0n) is 21.2. The predicted octanol–water partition coefficient (Wildman–Crippen LogP) is 3.35. The number of pyridine rings is 2. The van der Waals surface area contributed by atoms with Crippen molar-refractivity contribution in [3.8, 4) is 11.9 Å². The molecule has 1 amide bonds. The second-order valence-corrected chi connectivity index (χ2v) is 9.09. The van der Waals surface area contributed by atoms with Crippen LogP contribution in [0.25, 0.3) is 0 Å². The van der Waals surface area contributed by atoms with Crippen molar-refractivity contribution in [2.45, 2.75) is 25.4 Å². The van der Waals surface area contributed by atoms with E-state index >= 15 is 0 Å². The summed E-state index contributed by atoms with van der Waals surface area (Å²) in [7, 11) is 3.13. The number of rotatable bonds is 6. The summed E-state index contributed by atoms with van der Waals surface area (Å²) in [5.74, 6) is 1.43. The lowest BCUT2D eigenvalue weighted by atomic mass is 10.0. The first-order valence-electron chi connectivity index (χ1n) is 12.3. The molecule has 0 saturated carbocycles. The molecule has 0 spiro atoms. The number of anilines is 1. The normalized spacial score (nSPS) is 18.7. The molecule has 0 radical (unpaired) electrons. The molecule has 1 saturated heterocycles. The van der Waals surface area contributed by atoms with Crippen LogP contribution in [0.5, 0.6) is 5.88 Å². The van der Waals surface area contributed by atoms with E-state index in [1.54, 1.807) is 48.9 Å². The number of nitriles is 1. The van der Waals surface area contributed by atoms with Gasteiger partial charge in [-0.1, -0.05) is 6.08 Å². The van der Waals surface area contributed by atoms with Crippen LogP contribution >= 0.6 is 0 Å². The number of nitrogens with zero attached hydrogens (tertiary/aromatic N) is 5. The Hall–Kier alpha value is -4.78. The molecule has 194 valence electrons. The minimum Gasteiger partial charge on any atom is -0.488 e. The van der Waals surface area contributed by atoms with Crippen LogP contribution in [0.1, 0.15) is 35.2 Å². The highest BCUT2D eigenvalue weighted by Gasteiger charge is 2.30. The fraction of sp³-hybridized carbons (Fsp3) is 0.286. The van der Waals surface area contributed by atoms with Crippen molar-refractivity contribution in [3.05, 3.63) is 100.0 Å². The van der Waals surface area contributed by atoms with Crippen LogP contribution in [0.3, 0.4) is 0 Å². The molecular weight excluding hydrogens is 486 g/mol. The van der Waals surface area contributed by atoms with Gasteiger partial charge in [0, 0.05) is 49.6 Å². The van der Waals surface area contributed by atoms with Gasteiger partial charge in [0.2, 0.25) is 5.88 Å². The van der Waals surface area contributed by atoms with Crippen LogP contribution in [-0.2, 0) is 16.5 Å². The van der Waals surface area contributed by atoms with Crippen molar-refractivity contribution >= 4 is 11.6 Å². The van der Waals surface area contributed by atoms with Gasteiger partial charge in [0.05, 0.1) is 31.7 Å². The van der Waals surface area contributed by atoms with E-state index in [4.69, 9.17) is 14.2 Å². The number of aryl methyl sites for hydroxylation is 1. The molecule has 2 aliphatic heterocycles. The lowest BCUT2D eigenvalue weighted by Gasteiger charge is -2.26. The number of allylic oxidation sites excluding steroid dienone is 3. The van der Waals surface area contributed by atoms with Gasteiger partial charge in [-0.05, 0) is 31.1 Å². The van der Waals surface area contributed by atoms with Crippen LogP contribution in [-0.4, -0.2) is 46.7 Å². The summed E-state index contributed by atoms with van der Waals surface area (Å²) in [6, 6.07) is 6.83. The van der Waals surface area contributed by atoms with Crippen molar-refractivity contribution in [1.29, 1.82) is 5.26 Å². The van der Waals surface area contributed by atoms with Crippen molar-refractivity contribution in [2.75, 3.05) is 25.1 Å². The Labute approximate surface area is 220 Å². The molecule has 1 aliphatic carbocycles. The van der Waals surface area contributed by atoms with E-state index in [1.807, 2.05) is 17.2 Å². The first kappa shape index (κ1) is 24.9. The monoisotopic (exact) mass is 513 g/mol. The quantitative estimate of drug-likeness (QED) is 0.579. The largest absolute Gasteiger partial charge is 0.488 e. The highest BCUT2D eigenvalue weighted by Crippen LogP contribution is 2.33. The molecular formula is C28H27N5O5. The number of hydrogen-bond acceptors (Lipinski definition) is 8. The lowest BCUT2D eigenvalue weighted by molar-refractivity contribution is 0.0742. The van der Waals surface area contributed by atoms with E-state index in [1.165, 1.54) is 17.7 Å². The summed E-state index contributed by atoms with van der Waals surface area (Å²) >= 11 is 0. The van der Waals surface area contributed by atoms with Gasteiger partial charge in [-0.25, -0.2) is 4.98 Å². The maximum atomic E-state index is 12.9. The van der Waals surface area contributed by atoms with Crippen LogP contribution in [0.2, 0.25) is 0 Å². The topological polar surface area (TPSA) is 110 Å². The molecule has 5 rings (SSSR count). The van der Waals surface area contributed by atoms with E-state index in [0.717, 1.165) is 18.4 Å². The van der Waals surface area contributed by atoms with E-state index in [9.17, 15) is 14.9 Å². The van der Waals surface area contributed by atoms with Crippen LogP contribution in [0, 0.1) is 11.3 Å². The van der Waals surface area contributed by atoms with Crippen molar-refractivity contribution in [2.24, 2.45) is 7.05 Å². The summed E-state index contributed by atoms with van der Waals surface area (Å²) in [5, 5.41) is 9.42. The SMILES string of the molecule is COc1ncc(N2C=COC(C3=C(O[C@H]4CCN(C(=O)c5ccn(C)c(=O)c5)C4)C=CCC3)=C2)cc1C#N. The van der Waals surface area contributed by atoms with Gasteiger partial charge >= 0.3 is 0 Å². The van der Waals surface area contributed by atoms with Gasteiger partial charge in [0.1, 0.15) is 35.5 Å². The van der Waals surface area contributed by atoms with Crippen LogP contribution in [0.15, 0.2) is 83.3 Å². The lowest BCUT2D eigenvalue weighted by Crippen LogP contribution is -2.31. The number of amides is 1. The third kappa shape index (κ3) is 5.04. The van der Waals surface area contributed by atoms with Crippen molar-refractivity contribution < 1.29 is 19.0 Å². The number of ether oxygens (including phenoxy) is 3. The summed E-state index contributed by atoms with van der Waals surface area (Å²) in [6.07, 6.45) is 14.5. The predicted molar refractivity (Wildman–Crippen MR) is 139 cm³/mol. The first-order chi connectivity index (χ1) is 18.5. The van der Waals surface area contributed by atoms with Gasteiger partial charge in [-0.15, -0.1) is 0 Å². The number of carbonyl (C=O) groups excluding carboxylic acids is 1. The van der Waals surface area contributed by atoms with Crippen molar-refractivity contribution in [3.63, 3.8) is 0 Å².